The molecule has 0 unspecified atom stereocenters. The molecule has 0 saturated heterocycles. The Bertz CT molecular complexity index is 1310. The second-order valence-electron chi connectivity index (χ2n) is 6.40. The Labute approximate surface area is 171 Å². The van der Waals surface area contributed by atoms with Crippen molar-refractivity contribution in [2.24, 2.45) is 4.99 Å². The van der Waals surface area contributed by atoms with E-state index in [0.717, 1.165) is 0 Å². The number of aromatic hydroxyl groups is 1. The summed E-state index contributed by atoms with van der Waals surface area (Å²) in [6.07, 6.45) is 3.04. The van der Waals surface area contributed by atoms with Crippen LogP contribution in [0.15, 0.2) is 78.0 Å². The van der Waals surface area contributed by atoms with Gasteiger partial charge in [-0.25, -0.2) is 4.99 Å². The standard InChI is InChI=1S/C22H13N3O3.ClH/c26-20-14-5-1-3-7-16(14)24-18(20)19-21(27)15-6-2-4-8-17(15)25(19)22(28)13-9-11-23-12-10-13;/h1-12,27H;1H/p-1. The number of hydrogen-bond donors (Lipinski definition) is 1. The van der Waals surface area contributed by atoms with Crippen molar-refractivity contribution in [3.05, 3.63) is 89.9 Å². The second kappa shape index (κ2) is 7.00. The number of Topliss-reactive ketones (excluding diaryl/α,β-unsaturated/α-hetero) is 1. The van der Waals surface area contributed by atoms with Gasteiger partial charge in [0, 0.05) is 28.9 Å². The average Bonchev–Trinajstić information content (AvgIpc) is 3.23. The third kappa shape index (κ3) is 2.73. The van der Waals surface area contributed by atoms with E-state index in [1.165, 1.54) is 17.0 Å². The lowest BCUT2D eigenvalue weighted by Gasteiger charge is -2.09. The summed E-state index contributed by atoms with van der Waals surface area (Å²) >= 11 is 0. The van der Waals surface area contributed by atoms with Gasteiger partial charge in [-0.05, 0) is 36.4 Å². The highest BCUT2D eigenvalue weighted by atomic mass is 35.5. The normalized spacial score (nSPS) is 12.4. The topological polar surface area (TPSA) is 84.5 Å². The van der Waals surface area contributed by atoms with Crippen LogP contribution >= 0.6 is 0 Å². The number of nitrogens with zero attached hydrogens (tertiary/aromatic N) is 3. The minimum Gasteiger partial charge on any atom is -1.00 e. The average molecular weight is 403 g/mol. The smallest absolute Gasteiger partial charge is 0.263 e. The summed E-state index contributed by atoms with van der Waals surface area (Å²) in [6, 6.07) is 17.1. The minimum atomic E-state index is -0.375. The van der Waals surface area contributed by atoms with Crippen LogP contribution in [0.5, 0.6) is 5.75 Å². The summed E-state index contributed by atoms with van der Waals surface area (Å²) in [5.41, 5.74) is 2.02. The fraction of sp³-hybridized carbons (Fsp3) is 0. The summed E-state index contributed by atoms with van der Waals surface area (Å²) < 4.78 is 1.35. The second-order valence-corrected chi connectivity index (χ2v) is 6.40. The lowest BCUT2D eigenvalue weighted by molar-refractivity contribution is -0.0000214. The highest BCUT2D eigenvalue weighted by Gasteiger charge is 2.33. The van der Waals surface area contributed by atoms with E-state index in [2.05, 4.69) is 9.98 Å². The van der Waals surface area contributed by atoms with Crippen molar-refractivity contribution in [3.63, 3.8) is 0 Å². The van der Waals surface area contributed by atoms with Crippen molar-refractivity contribution in [3.8, 4) is 5.75 Å². The summed E-state index contributed by atoms with van der Waals surface area (Å²) in [5, 5.41) is 11.4. The Hall–Kier alpha value is -3.77. The van der Waals surface area contributed by atoms with Crippen molar-refractivity contribution in [2.75, 3.05) is 0 Å². The molecule has 0 spiro atoms. The van der Waals surface area contributed by atoms with Crippen LogP contribution in [-0.2, 0) is 0 Å². The number of carbonyl (C=O) groups is 2. The zero-order valence-corrected chi connectivity index (χ0v) is 15.7. The molecule has 1 aliphatic heterocycles. The molecule has 0 amide bonds. The van der Waals surface area contributed by atoms with Crippen LogP contribution in [0.25, 0.3) is 10.9 Å². The lowest BCUT2D eigenvalue weighted by Crippen LogP contribution is -3.00. The maximum absolute atomic E-state index is 13.3. The molecule has 0 radical (unpaired) electrons. The molecule has 5 rings (SSSR count). The monoisotopic (exact) mass is 402 g/mol. The molecule has 0 aliphatic carbocycles. The highest BCUT2D eigenvalue weighted by Crippen LogP contribution is 2.37. The number of ketones is 1. The number of para-hydroxylation sites is 2. The van der Waals surface area contributed by atoms with E-state index in [1.54, 1.807) is 60.7 Å². The van der Waals surface area contributed by atoms with E-state index in [4.69, 9.17) is 0 Å². The Balaban J connectivity index is 0.00000205. The van der Waals surface area contributed by atoms with Gasteiger partial charge in [0.05, 0.1) is 11.2 Å². The molecule has 0 bridgehead atoms. The van der Waals surface area contributed by atoms with Crippen LogP contribution in [0.2, 0.25) is 0 Å². The lowest BCUT2D eigenvalue weighted by atomic mass is 10.1. The predicted molar refractivity (Wildman–Crippen MR) is 105 cm³/mol. The molecule has 29 heavy (non-hydrogen) atoms. The van der Waals surface area contributed by atoms with Gasteiger partial charge in [-0.3, -0.25) is 19.1 Å². The third-order valence-corrected chi connectivity index (χ3v) is 4.80. The summed E-state index contributed by atoms with van der Waals surface area (Å²) in [7, 11) is 0. The maximum Gasteiger partial charge on any atom is 0.263 e. The van der Waals surface area contributed by atoms with Crippen LogP contribution in [-0.4, -0.2) is 32.1 Å². The molecule has 0 saturated carbocycles. The fourth-order valence-electron chi connectivity index (χ4n) is 3.50. The highest BCUT2D eigenvalue weighted by molar-refractivity contribution is 6.55. The van der Waals surface area contributed by atoms with E-state index in [-0.39, 0.29) is 41.3 Å². The Morgan fingerprint density at radius 3 is 2.38 bits per heavy atom. The first-order valence-electron chi connectivity index (χ1n) is 8.67. The number of fused-ring (bicyclic) bond motifs is 2. The molecule has 2 aromatic heterocycles. The zero-order valence-electron chi connectivity index (χ0n) is 14.9. The van der Waals surface area contributed by atoms with Gasteiger partial charge in [0.25, 0.3) is 5.91 Å². The number of aromatic nitrogens is 2. The summed E-state index contributed by atoms with van der Waals surface area (Å²) in [4.78, 5) is 34.6. The molecule has 1 N–H and O–H groups in total. The number of rotatable bonds is 2. The quantitative estimate of drug-likeness (QED) is 0.536. The predicted octanol–water partition coefficient (Wildman–Crippen LogP) is 0.752. The third-order valence-electron chi connectivity index (χ3n) is 4.80. The molecule has 0 fully saturated rings. The number of pyridine rings is 1. The van der Waals surface area contributed by atoms with Gasteiger partial charge in [0.15, 0.2) is 5.75 Å². The van der Waals surface area contributed by atoms with Crippen molar-refractivity contribution in [1.29, 1.82) is 0 Å². The first kappa shape index (κ1) is 18.6. The van der Waals surface area contributed by atoms with Gasteiger partial charge in [-0.1, -0.05) is 24.3 Å². The molecule has 3 heterocycles. The number of hydrogen-bond acceptors (Lipinski definition) is 5. The van der Waals surface area contributed by atoms with E-state index in [1.807, 2.05) is 0 Å². The van der Waals surface area contributed by atoms with E-state index < -0.39 is 0 Å². The minimum absolute atomic E-state index is 0. The molecule has 1 aliphatic rings. The number of benzene rings is 2. The molecular weight excluding hydrogens is 390 g/mol. The van der Waals surface area contributed by atoms with Crippen molar-refractivity contribution in [1.82, 2.24) is 9.55 Å². The van der Waals surface area contributed by atoms with Gasteiger partial charge < -0.3 is 17.5 Å². The first-order chi connectivity index (χ1) is 13.7. The molecular formula is C22H13ClN3O3-. The Morgan fingerprint density at radius 1 is 0.931 bits per heavy atom. The van der Waals surface area contributed by atoms with E-state index >= 15 is 0 Å². The largest absolute Gasteiger partial charge is 1.00 e. The van der Waals surface area contributed by atoms with Crippen LogP contribution in [0.4, 0.5) is 5.69 Å². The van der Waals surface area contributed by atoms with Gasteiger partial charge in [-0.15, -0.1) is 0 Å². The summed E-state index contributed by atoms with van der Waals surface area (Å²) in [5.74, 6) is -0.837. The van der Waals surface area contributed by atoms with Gasteiger partial charge in [0.1, 0.15) is 11.4 Å². The van der Waals surface area contributed by atoms with Crippen LogP contribution in [0.3, 0.4) is 0 Å². The number of halogens is 1. The van der Waals surface area contributed by atoms with Gasteiger partial charge >= 0.3 is 0 Å². The van der Waals surface area contributed by atoms with E-state index in [0.29, 0.717) is 27.7 Å². The van der Waals surface area contributed by atoms with Crippen molar-refractivity contribution < 1.29 is 27.1 Å². The van der Waals surface area contributed by atoms with Gasteiger partial charge in [-0.2, -0.15) is 0 Å². The molecule has 6 nitrogen and oxygen atoms in total. The molecule has 142 valence electrons. The molecule has 0 atom stereocenters. The van der Waals surface area contributed by atoms with E-state index in [9.17, 15) is 14.7 Å². The fourth-order valence-corrected chi connectivity index (χ4v) is 3.50. The Morgan fingerprint density at radius 2 is 1.62 bits per heavy atom. The Kier molecular flexibility index (Phi) is 4.48. The molecule has 2 aromatic carbocycles. The van der Waals surface area contributed by atoms with Gasteiger partial charge in [0.2, 0.25) is 5.78 Å². The van der Waals surface area contributed by atoms with Crippen LogP contribution in [0.1, 0.15) is 26.4 Å². The van der Waals surface area contributed by atoms with Crippen LogP contribution in [0, 0.1) is 0 Å². The first-order valence-corrected chi connectivity index (χ1v) is 8.67. The van der Waals surface area contributed by atoms with Crippen molar-refractivity contribution in [2.45, 2.75) is 0 Å². The number of carbonyl (C=O) groups excluding carboxylic acids is 2. The molecule has 7 heteroatoms. The summed E-state index contributed by atoms with van der Waals surface area (Å²) in [6.45, 7) is 0. The van der Waals surface area contributed by atoms with Crippen molar-refractivity contribution >= 4 is 34.0 Å². The number of aliphatic imine (C=N–C) groups is 1. The SMILES string of the molecule is O=C1C(c2c(O)c3ccccc3n2C(=O)c2ccncc2)=Nc2ccccc21.[Cl-]. The maximum atomic E-state index is 13.3. The van der Waals surface area contributed by atoms with Crippen LogP contribution < -0.4 is 12.4 Å². The zero-order chi connectivity index (χ0) is 19.3. The molecule has 4 aromatic rings.